The number of fused-ring (bicyclic) bond motifs is 2. The van der Waals surface area contributed by atoms with Gasteiger partial charge in [-0.1, -0.05) is 126 Å². The van der Waals surface area contributed by atoms with Crippen LogP contribution in [0, 0.1) is 0 Å². The van der Waals surface area contributed by atoms with Gasteiger partial charge in [0.05, 0.1) is 13.2 Å². The normalized spacial score (nSPS) is 10.4. The minimum Gasteiger partial charge on any atom is -0.463 e. The number of rotatable bonds is 11. The number of carbonyl (C=O) groups excluding carboxylic acids is 2. The van der Waals surface area contributed by atoms with Crippen molar-refractivity contribution in [2.45, 2.75) is 33.2 Å². The van der Waals surface area contributed by atoms with E-state index in [1.165, 1.54) is 38.7 Å². The number of anilines is 1. The van der Waals surface area contributed by atoms with E-state index in [1.807, 2.05) is 24.3 Å². The molecule has 0 heterocycles. The highest BCUT2D eigenvalue weighted by Gasteiger charge is 2.01. The third-order valence-electron chi connectivity index (χ3n) is 7.75. The molecule has 0 unspecified atom stereocenters. The van der Waals surface area contributed by atoms with Crippen LogP contribution in [0.15, 0.2) is 157 Å². The zero-order valence-electron chi connectivity index (χ0n) is 29.2. The molecule has 6 aromatic rings. The Morgan fingerprint density at radius 1 is 0.627 bits per heavy atom. The Kier molecular flexibility index (Phi) is 15.7. The van der Waals surface area contributed by atoms with Crippen molar-refractivity contribution in [1.29, 1.82) is 0 Å². The molecule has 0 amide bonds. The summed E-state index contributed by atoms with van der Waals surface area (Å²) in [6, 6.07) is 46.6. The second-order valence-corrected chi connectivity index (χ2v) is 12.4. The summed E-state index contributed by atoms with van der Waals surface area (Å²) >= 11 is 3.52. The van der Waals surface area contributed by atoms with Gasteiger partial charge >= 0.3 is 11.9 Å². The van der Waals surface area contributed by atoms with Crippen molar-refractivity contribution in [3.63, 3.8) is 0 Å². The summed E-state index contributed by atoms with van der Waals surface area (Å²) in [6.07, 6.45) is 6.54. The van der Waals surface area contributed by atoms with E-state index in [-0.39, 0.29) is 11.9 Å². The van der Waals surface area contributed by atoms with Gasteiger partial charge in [-0.25, -0.2) is 9.59 Å². The average molecular weight is 743 g/mol. The first-order valence-electron chi connectivity index (χ1n) is 17.0. The maximum Gasteiger partial charge on any atom is 0.330 e. The molecule has 0 aromatic heterocycles. The lowest BCUT2D eigenvalue weighted by Gasteiger charge is -2.08. The monoisotopic (exact) mass is 741 g/mol. The molecule has 0 bridgehead atoms. The van der Waals surface area contributed by atoms with Gasteiger partial charge in [-0.2, -0.15) is 0 Å². The quantitative estimate of drug-likeness (QED) is 0.106. The summed E-state index contributed by atoms with van der Waals surface area (Å²) in [5, 5.41) is 8.55. The molecule has 0 radical (unpaired) electrons. The first-order chi connectivity index (χ1) is 24.9. The van der Waals surface area contributed by atoms with Crippen molar-refractivity contribution in [3.05, 3.63) is 179 Å². The number of ether oxygens (including phenoxy) is 2. The van der Waals surface area contributed by atoms with E-state index >= 15 is 0 Å². The number of benzene rings is 6. The third kappa shape index (κ3) is 13.4. The first kappa shape index (κ1) is 38.3. The lowest BCUT2D eigenvalue weighted by atomic mass is 10.0. The predicted molar refractivity (Wildman–Crippen MR) is 216 cm³/mol. The summed E-state index contributed by atoms with van der Waals surface area (Å²) < 4.78 is 10.5. The molecular weight excluding hydrogens is 698 g/mol. The summed E-state index contributed by atoms with van der Waals surface area (Å²) in [7, 11) is 0. The van der Waals surface area contributed by atoms with E-state index < -0.39 is 0 Å². The van der Waals surface area contributed by atoms with Crippen LogP contribution >= 0.6 is 15.9 Å². The van der Waals surface area contributed by atoms with E-state index in [0.29, 0.717) is 13.2 Å². The van der Waals surface area contributed by atoms with Crippen molar-refractivity contribution < 1.29 is 19.1 Å². The number of halogens is 1. The maximum atomic E-state index is 11.4. The number of hydrogen-bond donors (Lipinski definition) is 1. The van der Waals surface area contributed by atoms with Crippen molar-refractivity contribution in [2.75, 3.05) is 18.5 Å². The number of esters is 2. The molecule has 0 aliphatic rings. The highest BCUT2D eigenvalue weighted by atomic mass is 79.9. The summed E-state index contributed by atoms with van der Waals surface area (Å²) in [6.45, 7) is 8.28. The van der Waals surface area contributed by atoms with Crippen molar-refractivity contribution in [2.24, 2.45) is 0 Å². The molecule has 6 heteroatoms. The Labute approximate surface area is 309 Å². The molecule has 0 atom stereocenters. The Hall–Kier alpha value is -5.46. The third-order valence-corrected chi connectivity index (χ3v) is 8.25. The zero-order valence-corrected chi connectivity index (χ0v) is 30.8. The standard InChI is InChI=1S/C22H21NO2.C18H15Br.C5H8O2/c1-2-25-22(24)13-10-17-6-5-7-18(14-17)16-23-21-12-11-19-8-3-4-9-20(19)15-21;19-18-7-3-4-14(13-18)8-9-15-10-11-16-5-1-2-6-17(16)12-15;1-3-5(6)7-4-2/h3-15,23H,2,16H2,1H3;1-7,10-13H,8-9H2;3H,1,4H2,2H3/b13-10+;;. The van der Waals surface area contributed by atoms with E-state index in [1.54, 1.807) is 19.9 Å². The van der Waals surface area contributed by atoms with E-state index in [0.717, 1.165) is 46.7 Å². The molecule has 51 heavy (non-hydrogen) atoms. The number of aryl methyl sites for hydroxylation is 2. The molecule has 1 N–H and O–H groups in total. The average Bonchev–Trinajstić information content (AvgIpc) is 3.16. The molecular formula is C45H44BrNO4. The largest absolute Gasteiger partial charge is 0.463 e. The van der Waals surface area contributed by atoms with E-state index in [9.17, 15) is 9.59 Å². The van der Waals surface area contributed by atoms with Crippen LogP contribution in [0.3, 0.4) is 0 Å². The molecule has 0 aliphatic carbocycles. The van der Waals surface area contributed by atoms with Gasteiger partial charge in [0, 0.05) is 28.9 Å². The van der Waals surface area contributed by atoms with Crippen LogP contribution in [0.4, 0.5) is 5.69 Å². The van der Waals surface area contributed by atoms with Gasteiger partial charge in [-0.3, -0.25) is 0 Å². The molecule has 5 nitrogen and oxygen atoms in total. The summed E-state index contributed by atoms with van der Waals surface area (Å²) in [5.74, 6) is -0.676. The van der Waals surface area contributed by atoms with Gasteiger partial charge in [0.1, 0.15) is 0 Å². The molecule has 260 valence electrons. The fourth-order valence-corrected chi connectivity index (χ4v) is 5.69. The molecule has 6 aromatic carbocycles. The summed E-state index contributed by atoms with van der Waals surface area (Å²) in [5.41, 5.74) is 6.00. The predicted octanol–water partition coefficient (Wildman–Crippen LogP) is 11.2. The van der Waals surface area contributed by atoms with Gasteiger partial charge < -0.3 is 14.8 Å². The Bertz CT molecular complexity index is 2070. The second kappa shape index (κ2) is 20.9. The lowest BCUT2D eigenvalue weighted by molar-refractivity contribution is -0.138. The van der Waals surface area contributed by atoms with Crippen LogP contribution in [-0.4, -0.2) is 25.2 Å². The number of carbonyl (C=O) groups is 2. The van der Waals surface area contributed by atoms with Crippen molar-refractivity contribution >= 4 is 61.2 Å². The summed E-state index contributed by atoms with van der Waals surface area (Å²) in [4.78, 5) is 21.5. The highest BCUT2D eigenvalue weighted by molar-refractivity contribution is 9.10. The number of nitrogens with one attached hydrogen (secondary N) is 1. The molecule has 0 saturated heterocycles. The lowest BCUT2D eigenvalue weighted by Crippen LogP contribution is -2.00. The molecule has 0 saturated carbocycles. The van der Waals surface area contributed by atoms with Crippen LogP contribution in [0.5, 0.6) is 0 Å². The van der Waals surface area contributed by atoms with Crippen LogP contribution in [0.1, 0.15) is 36.1 Å². The van der Waals surface area contributed by atoms with Crippen molar-refractivity contribution in [3.8, 4) is 0 Å². The molecule has 0 fully saturated rings. The second-order valence-electron chi connectivity index (χ2n) is 11.5. The van der Waals surface area contributed by atoms with Crippen LogP contribution in [0.25, 0.3) is 27.6 Å². The van der Waals surface area contributed by atoms with Gasteiger partial charge in [-0.05, 0) is 107 Å². The Morgan fingerprint density at radius 2 is 1.22 bits per heavy atom. The maximum absolute atomic E-state index is 11.4. The first-order valence-corrected chi connectivity index (χ1v) is 17.8. The van der Waals surface area contributed by atoms with Gasteiger partial charge in [-0.15, -0.1) is 0 Å². The number of hydrogen-bond acceptors (Lipinski definition) is 5. The minimum absolute atomic E-state index is 0.317. The fraction of sp³-hybridized carbons (Fsp3) is 0.156. The van der Waals surface area contributed by atoms with E-state index in [2.05, 4.69) is 142 Å². The smallest absolute Gasteiger partial charge is 0.330 e. The molecule has 6 rings (SSSR count). The van der Waals surface area contributed by atoms with Crippen LogP contribution in [-0.2, 0) is 38.4 Å². The Morgan fingerprint density at radius 3 is 1.86 bits per heavy atom. The highest BCUT2D eigenvalue weighted by Crippen LogP contribution is 2.20. The van der Waals surface area contributed by atoms with E-state index in [4.69, 9.17) is 4.74 Å². The SMILES string of the molecule is Brc1cccc(CCc2ccc3ccccc3c2)c1.C=CC(=O)OCC.CCOC(=O)/C=C/c1cccc(CNc2ccc3ccccc3c2)c1. The van der Waals surface area contributed by atoms with Crippen molar-refractivity contribution in [1.82, 2.24) is 0 Å². The van der Waals surface area contributed by atoms with Gasteiger partial charge in [0.2, 0.25) is 0 Å². The fourth-order valence-electron chi connectivity index (χ4n) is 5.24. The topological polar surface area (TPSA) is 64.6 Å². The van der Waals surface area contributed by atoms with Crippen LogP contribution < -0.4 is 5.32 Å². The minimum atomic E-state index is -0.359. The van der Waals surface area contributed by atoms with Crippen LogP contribution in [0.2, 0.25) is 0 Å². The van der Waals surface area contributed by atoms with Gasteiger partial charge in [0.15, 0.2) is 0 Å². The zero-order chi connectivity index (χ0) is 36.3. The molecule has 0 spiro atoms. The Balaban J connectivity index is 0.000000198. The van der Waals surface area contributed by atoms with Gasteiger partial charge in [0.25, 0.3) is 0 Å². The molecule has 0 aliphatic heterocycles.